The minimum Gasteiger partial charge on any atom is -0.507 e. The summed E-state index contributed by atoms with van der Waals surface area (Å²) in [7, 11) is -18.7. The predicted molar refractivity (Wildman–Crippen MR) is 319 cm³/mol. The first-order chi connectivity index (χ1) is 42.0. The van der Waals surface area contributed by atoms with Crippen LogP contribution in [0.1, 0.15) is 6.92 Å². The van der Waals surface area contributed by atoms with E-state index >= 15 is 0 Å². The molecule has 0 unspecified atom stereocenters. The van der Waals surface area contributed by atoms with E-state index in [1.54, 1.807) is 0 Å². The number of nitrogens with two attached hydrogens (primary N) is 1. The number of nitrogen functional groups attached to an aromatic ring is 1. The van der Waals surface area contributed by atoms with Crippen molar-refractivity contribution in [1.82, 2.24) is 34.8 Å². The van der Waals surface area contributed by atoms with E-state index < -0.39 is 94.5 Å². The van der Waals surface area contributed by atoms with Gasteiger partial charge in [0, 0.05) is 73.6 Å². The third kappa shape index (κ3) is 15.5. The van der Waals surface area contributed by atoms with Crippen LogP contribution in [-0.4, -0.2) is 149 Å². The number of nitrogens with zero attached hydrogens (tertiary/aromatic N) is 12. The Balaban J connectivity index is 0.850. The van der Waals surface area contributed by atoms with Gasteiger partial charge in [0.25, 0.3) is 40.5 Å². The fourth-order valence-electron chi connectivity index (χ4n) is 8.82. The zero-order valence-electron chi connectivity index (χ0n) is 45.1. The number of azo groups is 2. The normalized spacial score (nSPS) is 13.6. The Morgan fingerprint density at radius 1 is 0.685 bits per heavy atom. The molecule has 35 nitrogen and oxygen atoms in total. The fraction of sp³-hybridized carbons (Fsp3) is 0.170. The van der Waals surface area contributed by atoms with Crippen LogP contribution in [0.5, 0.6) is 11.5 Å². The number of anilines is 8. The van der Waals surface area contributed by atoms with Crippen molar-refractivity contribution in [3.8, 4) is 11.5 Å². The average molecular weight is 1370 g/mol. The predicted octanol–water partition coefficient (Wildman–Crippen LogP) is 7.89. The highest BCUT2D eigenvalue weighted by atomic mass is 35.5. The number of nitrogens with one attached hydrogen (secondary N) is 4. The Morgan fingerprint density at radius 2 is 1.34 bits per heavy atom. The molecule has 0 bridgehead atoms. The largest absolute Gasteiger partial charge is 0.507 e. The molecule has 0 radical (unpaired) electrons. The number of methoxy groups -OCH3 is 1. The lowest BCUT2D eigenvalue weighted by molar-refractivity contribution is -0.432. The van der Waals surface area contributed by atoms with Crippen LogP contribution in [0.25, 0.3) is 21.5 Å². The van der Waals surface area contributed by atoms with Crippen LogP contribution in [0.3, 0.4) is 0 Å². The maximum absolute atomic E-state index is 12.7. The van der Waals surface area contributed by atoms with Crippen molar-refractivity contribution >= 4 is 172 Å². The lowest BCUT2D eigenvalue weighted by Gasteiger charge is -2.34. The number of aromatic nitrogens is 6. The Kier molecular flexibility index (Phi) is 19.2. The Bertz CT molecular complexity index is 4690. The number of phenols is 1. The van der Waals surface area contributed by atoms with Gasteiger partial charge in [-0.15, -0.1) is 24.8 Å². The van der Waals surface area contributed by atoms with Gasteiger partial charge in [-0.3, -0.25) is 27.9 Å². The molecule has 6 aromatic carbocycles. The molecule has 89 heavy (non-hydrogen) atoms. The van der Waals surface area contributed by atoms with Crippen molar-refractivity contribution in [2.75, 3.05) is 78.3 Å². The second kappa shape index (κ2) is 26.3. The lowest BCUT2D eigenvalue weighted by Crippen LogP contribution is -2.48. The van der Waals surface area contributed by atoms with Gasteiger partial charge in [0.15, 0.2) is 0 Å². The molecule has 3 heterocycles. The third-order valence-electron chi connectivity index (χ3n) is 12.6. The first kappa shape index (κ1) is 65.0. The van der Waals surface area contributed by atoms with E-state index in [2.05, 4.69) is 85.9 Å². The van der Waals surface area contributed by atoms with Crippen molar-refractivity contribution in [2.24, 2.45) is 20.5 Å². The summed E-state index contributed by atoms with van der Waals surface area (Å²) in [5.74, 6) is -1.03. The van der Waals surface area contributed by atoms with E-state index in [1.807, 2.05) is 4.90 Å². The molecular formula is C47H43Cl2N17O18S5. The Hall–Kier alpha value is -8.46. The number of hydrogen-bond donors (Lipinski definition) is 11. The number of phenolic OH excluding ortho intramolecular Hbond substituents is 1. The van der Waals surface area contributed by atoms with Crippen molar-refractivity contribution < 1.29 is 81.1 Å². The molecule has 468 valence electrons. The Labute approximate surface area is 516 Å². The molecule has 42 heteroatoms. The van der Waals surface area contributed by atoms with Crippen LogP contribution in [0.4, 0.5) is 69.3 Å². The number of carbonyl (C=O) groups is 1. The van der Waals surface area contributed by atoms with Crippen LogP contribution >= 0.6 is 35.2 Å². The minimum absolute atomic E-state index is 0.00321. The molecule has 12 N–H and O–H groups in total. The van der Waals surface area contributed by atoms with Gasteiger partial charge in [0.05, 0.1) is 41.6 Å². The number of rotatable bonds is 22. The van der Waals surface area contributed by atoms with Gasteiger partial charge >= 0.3 is 0 Å². The molecule has 1 aliphatic rings. The second-order valence-corrected chi connectivity index (χ2v) is 25.4. The fourth-order valence-corrected chi connectivity index (χ4v) is 12.4. The van der Waals surface area contributed by atoms with Crippen LogP contribution in [0, 0.1) is 0 Å². The van der Waals surface area contributed by atoms with Gasteiger partial charge in [-0.2, -0.15) is 63.6 Å². The zero-order chi connectivity index (χ0) is 64.3. The molecular weight excluding hydrogens is 1320 g/mol. The van der Waals surface area contributed by atoms with Gasteiger partial charge in [0.1, 0.15) is 53.8 Å². The van der Waals surface area contributed by atoms with E-state index in [-0.39, 0.29) is 89.3 Å². The number of ether oxygens (including phenoxy) is 1. The zero-order valence-corrected chi connectivity index (χ0v) is 50.7. The van der Waals surface area contributed by atoms with Crippen molar-refractivity contribution in [3.05, 3.63) is 89.4 Å². The van der Waals surface area contributed by atoms with Gasteiger partial charge < -0.3 is 41.7 Å². The SMILES string of the molecule is COc1cc(N=Nc2ccc3c(S(=O)(=O)O)cccc3c2S(=O)(=O)O)c(NC(C)=O)cc1Nc1nc(Cl)nc(NCCN2CCN(c3nc(Cl)nc(Nc4ccc(N=Nc5c(N)c(S(=O)(=O)O)cc6cc(SOOO)cc(O)c56)c(S(=O)(=O)O)c4)n3)CC2)n1. The van der Waals surface area contributed by atoms with Crippen LogP contribution in [0.2, 0.25) is 10.6 Å². The van der Waals surface area contributed by atoms with E-state index in [0.29, 0.717) is 51.3 Å². The molecule has 1 fully saturated rings. The quantitative estimate of drug-likeness (QED) is 0.00767. The van der Waals surface area contributed by atoms with Gasteiger partial charge in [-0.1, -0.05) is 23.2 Å². The summed E-state index contributed by atoms with van der Waals surface area (Å²) in [5, 5.41) is 49.2. The van der Waals surface area contributed by atoms with Gasteiger partial charge in [0.2, 0.25) is 40.3 Å². The maximum atomic E-state index is 12.7. The summed E-state index contributed by atoms with van der Waals surface area (Å²) in [6.45, 7) is 3.77. The van der Waals surface area contributed by atoms with Crippen molar-refractivity contribution in [2.45, 2.75) is 31.4 Å². The number of halogens is 2. The Morgan fingerprint density at radius 3 is 2.00 bits per heavy atom. The van der Waals surface area contributed by atoms with Crippen molar-refractivity contribution in [3.63, 3.8) is 0 Å². The lowest BCUT2D eigenvalue weighted by atomic mass is 10.1. The van der Waals surface area contributed by atoms with Crippen LogP contribution < -0.4 is 36.6 Å². The molecule has 9 rings (SSSR count). The number of hydrogen-bond acceptors (Lipinski definition) is 31. The molecule has 1 aliphatic heterocycles. The van der Waals surface area contributed by atoms with Gasteiger partial charge in [-0.05, 0) is 83.2 Å². The summed E-state index contributed by atoms with van der Waals surface area (Å²) >= 11 is 13.1. The number of piperazine rings is 1. The molecule has 1 saturated heterocycles. The highest BCUT2D eigenvalue weighted by Crippen LogP contribution is 2.46. The summed E-state index contributed by atoms with van der Waals surface area (Å²) in [6.07, 6.45) is 0. The van der Waals surface area contributed by atoms with E-state index in [4.69, 9.17) is 38.9 Å². The number of benzene rings is 6. The monoisotopic (exact) mass is 1360 g/mol. The van der Waals surface area contributed by atoms with E-state index in [9.17, 15) is 61.8 Å². The third-order valence-corrected chi connectivity index (χ3v) is 17.1. The molecule has 1 amide bonds. The molecule has 0 atom stereocenters. The summed E-state index contributed by atoms with van der Waals surface area (Å²) in [6, 6.07) is 14.9. The summed E-state index contributed by atoms with van der Waals surface area (Å²) in [5.41, 5.74) is 4.04. The van der Waals surface area contributed by atoms with E-state index in [1.165, 1.54) is 44.4 Å². The minimum atomic E-state index is -5.10. The first-order valence-electron chi connectivity index (χ1n) is 24.7. The van der Waals surface area contributed by atoms with E-state index in [0.717, 1.165) is 48.5 Å². The highest BCUT2D eigenvalue weighted by Gasteiger charge is 2.27. The summed E-state index contributed by atoms with van der Waals surface area (Å²) in [4.78, 5) is 38.8. The molecule has 0 saturated carbocycles. The van der Waals surface area contributed by atoms with Crippen LogP contribution in [0.15, 0.2) is 124 Å². The number of aromatic hydroxyl groups is 1. The second-order valence-electron chi connectivity index (χ2n) is 18.4. The number of amides is 1. The smallest absolute Gasteiger partial charge is 0.297 e. The summed E-state index contributed by atoms with van der Waals surface area (Å²) < 4.78 is 150. The highest BCUT2D eigenvalue weighted by molar-refractivity contribution is 7.94. The molecule has 8 aromatic rings. The molecule has 0 spiro atoms. The molecule has 0 aliphatic carbocycles. The standard InChI is InChI=1S/C47H43Cl2N17O18S5/c1-22(67)52-30-20-32(34(82-2)21-31(30)63-62-29-9-7-26-27(41(29)89(79,80)81)4-3-5-35(26)86(70,71)72)54-46-56-42(48)55-44(59-46)51-10-11-65-12-14-66(15-13-65)47-58-43(49)57-45(60-47)53-24-6-8-28(36(18-24)87(73,74)75)61-64-40-38-23(17-37(39(40)50)88(76,77)78)16-25(19-33(38)68)85-84-83-69/h3-9,16-21,68-69H,10-15,50H2,1-2H3,(H,52,67)(H,70,71,72)(H,73,74,75)(H,76,77,78)(H,79,80,81)(H,53,57,58,60)(H2,51,54,55,56,59). The van der Waals surface area contributed by atoms with Gasteiger partial charge in [-0.25, -0.2) is 5.26 Å². The van der Waals surface area contributed by atoms with Crippen molar-refractivity contribution in [1.29, 1.82) is 0 Å². The maximum Gasteiger partial charge on any atom is 0.297 e. The number of carbonyl (C=O) groups excluding carboxylic acids is 1. The topological polar surface area (TPSA) is 510 Å². The number of fused-ring (bicyclic) bond motifs is 2. The molecule has 2 aromatic heterocycles. The average Bonchev–Trinajstić information content (AvgIpc) is 0.959. The van der Waals surface area contributed by atoms with Crippen LogP contribution in [-0.2, 0) is 54.6 Å². The first-order valence-corrected chi connectivity index (χ1v) is 32.0.